The van der Waals surface area contributed by atoms with Gasteiger partial charge in [0.1, 0.15) is 0 Å². The minimum absolute atomic E-state index is 0.0118. The summed E-state index contributed by atoms with van der Waals surface area (Å²) in [5.41, 5.74) is 1.26. The highest BCUT2D eigenvalue weighted by Crippen LogP contribution is 2.27. The molecule has 0 saturated carbocycles. The number of rotatable bonds is 4. The first kappa shape index (κ1) is 13.9. The smallest absolute Gasteiger partial charge is 0.260 e. The Morgan fingerprint density at radius 2 is 2.10 bits per heavy atom. The van der Waals surface area contributed by atoms with Crippen molar-refractivity contribution in [3.8, 4) is 11.5 Å². The lowest BCUT2D eigenvalue weighted by molar-refractivity contribution is -0.134. The van der Waals surface area contributed by atoms with E-state index in [1.807, 2.05) is 23.1 Å². The molecule has 0 atom stereocenters. The maximum atomic E-state index is 12.3. The van der Waals surface area contributed by atoms with Gasteiger partial charge in [0.25, 0.3) is 5.91 Å². The molecule has 0 bridgehead atoms. The zero-order chi connectivity index (χ0) is 14.7. The molecule has 1 aliphatic rings. The van der Waals surface area contributed by atoms with Gasteiger partial charge < -0.3 is 14.4 Å². The zero-order valence-electron chi connectivity index (χ0n) is 11.9. The molecule has 2 heterocycles. The third kappa shape index (κ3) is 3.03. The largest absolute Gasteiger partial charge is 0.493 e. The van der Waals surface area contributed by atoms with Crippen LogP contribution in [0.3, 0.4) is 0 Å². The van der Waals surface area contributed by atoms with Crippen molar-refractivity contribution in [3.05, 3.63) is 46.2 Å². The summed E-state index contributed by atoms with van der Waals surface area (Å²) in [5, 5.41) is 2.09. The maximum absolute atomic E-state index is 12.3. The van der Waals surface area contributed by atoms with Gasteiger partial charge in [0.15, 0.2) is 18.1 Å². The van der Waals surface area contributed by atoms with Crippen LogP contribution in [0.15, 0.2) is 35.7 Å². The quantitative estimate of drug-likeness (QED) is 0.872. The molecule has 0 saturated heterocycles. The summed E-state index contributed by atoms with van der Waals surface area (Å²) in [6.45, 7) is 1.49. The number of amides is 1. The van der Waals surface area contributed by atoms with E-state index in [1.54, 1.807) is 24.5 Å². The minimum Gasteiger partial charge on any atom is -0.493 e. The molecule has 0 radical (unpaired) electrons. The van der Waals surface area contributed by atoms with Crippen molar-refractivity contribution in [2.45, 2.75) is 13.0 Å². The molecular formula is C16H17NO3S. The van der Waals surface area contributed by atoms with Crippen LogP contribution in [-0.4, -0.2) is 31.1 Å². The third-order valence-electron chi connectivity index (χ3n) is 3.58. The summed E-state index contributed by atoms with van der Waals surface area (Å²) >= 11 is 1.77. The summed E-state index contributed by atoms with van der Waals surface area (Å²) in [6.07, 6.45) is 0.938. The van der Waals surface area contributed by atoms with Crippen LogP contribution in [0.25, 0.3) is 0 Å². The Bertz CT molecular complexity index is 638. The second-order valence-electron chi connectivity index (χ2n) is 4.87. The van der Waals surface area contributed by atoms with Crippen LogP contribution in [-0.2, 0) is 17.8 Å². The number of carbonyl (C=O) groups excluding carboxylic acids is 1. The number of benzene rings is 1. The first-order valence-electron chi connectivity index (χ1n) is 6.87. The van der Waals surface area contributed by atoms with E-state index in [1.165, 1.54) is 10.4 Å². The lowest BCUT2D eigenvalue weighted by Gasteiger charge is -2.27. The molecule has 0 fully saturated rings. The standard InChI is InChI=1S/C16H17NO3S/c1-19-13-4-2-3-5-14(13)20-11-16(18)17-8-6-15-12(10-17)7-9-21-15/h2-5,7,9H,6,8,10-11H2,1H3. The van der Waals surface area contributed by atoms with Crippen LogP contribution in [0.1, 0.15) is 10.4 Å². The van der Waals surface area contributed by atoms with Gasteiger partial charge in [-0.15, -0.1) is 11.3 Å². The van der Waals surface area contributed by atoms with Gasteiger partial charge in [-0.25, -0.2) is 0 Å². The molecule has 0 unspecified atom stereocenters. The van der Waals surface area contributed by atoms with Crippen LogP contribution in [0.5, 0.6) is 11.5 Å². The minimum atomic E-state index is 0.0118. The maximum Gasteiger partial charge on any atom is 0.260 e. The molecule has 1 amide bonds. The molecule has 0 spiro atoms. The number of carbonyl (C=O) groups is 1. The van der Waals surface area contributed by atoms with Gasteiger partial charge in [-0.3, -0.25) is 4.79 Å². The first-order valence-corrected chi connectivity index (χ1v) is 7.74. The number of fused-ring (bicyclic) bond motifs is 1. The summed E-state index contributed by atoms with van der Waals surface area (Å²) in [5.74, 6) is 1.25. The molecule has 3 rings (SSSR count). The topological polar surface area (TPSA) is 38.8 Å². The normalized spacial score (nSPS) is 13.7. The van der Waals surface area contributed by atoms with Crippen LogP contribution >= 0.6 is 11.3 Å². The summed E-state index contributed by atoms with van der Waals surface area (Å²) in [4.78, 5) is 15.5. The summed E-state index contributed by atoms with van der Waals surface area (Å²) in [6, 6.07) is 9.45. The Balaban J connectivity index is 1.60. The monoisotopic (exact) mass is 303 g/mol. The van der Waals surface area contributed by atoms with Gasteiger partial charge in [0.2, 0.25) is 0 Å². The van der Waals surface area contributed by atoms with E-state index < -0.39 is 0 Å². The number of hydrogen-bond donors (Lipinski definition) is 0. The molecule has 110 valence electrons. The highest BCUT2D eigenvalue weighted by molar-refractivity contribution is 7.10. The van der Waals surface area contributed by atoms with Crippen molar-refractivity contribution in [1.82, 2.24) is 4.90 Å². The van der Waals surface area contributed by atoms with Crippen LogP contribution in [0.2, 0.25) is 0 Å². The summed E-state index contributed by atoms with van der Waals surface area (Å²) < 4.78 is 10.8. The highest BCUT2D eigenvalue weighted by Gasteiger charge is 2.21. The second-order valence-corrected chi connectivity index (χ2v) is 5.87. The first-order chi connectivity index (χ1) is 10.3. The van der Waals surface area contributed by atoms with E-state index in [2.05, 4.69) is 11.4 Å². The van der Waals surface area contributed by atoms with Crippen molar-refractivity contribution in [2.24, 2.45) is 0 Å². The molecule has 1 aromatic heterocycles. The van der Waals surface area contributed by atoms with E-state index in [-0.39, 0.29) is 12.5 Å². The lowest BCUT2D eigenvalue weighted by atomic mass is 10.1. The fraction of sp³-hybridized carbons (Fsp3) is 0.312. The Morgan fingerprint density at radius 1 is 1.29 bits per heavy atom. The number of thiophene rings is 1. The fourth-order valence-corrected chi connectivity index (χ4v) is 3.32. The zero-order valence-corrected chi connectivity index (χ0v) is 12.7. The van der Waals surface area contributed by atoms with E-state index >= 15 is 0 Å². The van der Waals surface area contributed by atoms with E-state index in [9.17, 15) is 4.79 Å². The SMILES string of the molecule is COc1ccccc1OCC(=O)N1CCc2sccc2C1. The average molecular weight is 303 g/mol. The van der Waals surface area contributed by atoms with Crippen molar-refractivity contribution >= 4 is 17.2 Å². The van der Waals surface area contributed by atoms with Gasteiger partial charge in [0, 0.05) is 18.0 Å². The van der Waals surface area contributed by atoms with Crippen molar-refractivity contribution < 1.29 is 14.3 Å². The molecule has 2 aromatic rings. The third-order valence-corrected chi connectivity index (χ3v) is 4.60. The van der Waals surface area contributed by atoms with Gasteiger partial charge in [0.05, 0.1) is 7.11 Å². The van der Waals surface area contributed by atoms with E-state index in [0.717, 1.165) is 13.0 Å². The molecule has 1 aromatic carbocycles. The van der Waals surface area contributed by atoms with Gasteiger partial charge in [-0.1, -0.05) is 12.1 Å². The summed E-state index contributed by atoms with van der Waals surface area (Å²) in [7, 11) is 1.59. The molecular weight excluding hydrogens is 286 g/mol. The van der Waals surface area contributed by atoms with Gasteiger partial charge >= 0.3 is 0 Å². The van der Waals surface area contributed by atoms with Crippen molar-refractivity contribution in [1.29, 1.82) is 0 Å². The van der Waals surface area contributed by atoms with Crippen LogP contribution in [0, 0.1) is 0 Å². The van der Waals surface area contributed by atoms with E-state index in [0.29, 0.717) is 18.0 Å². The molecule has 4 nitrogen and oxygen atoms in total. The second kappa shape index (κ2) is 6.18. The Morgan fingerprint density at radius 3 is 2.90 bits per heavy atom. The van der Waals surface area contributed by atoms with E-state index in [4.69, 9.17) is 9.47 Å². The Kier molecular flexibility index (Phi) is 4.10. The predicted molar refractivity (Wildman–Crippen MR) is 81.9 cm³/mol. The highest BCUT2D eigenvalue weighted by atomic mass is 32.1. The van der Waals surface area contributed by atoms with Crippen molar-refractivity contribution in [2.75, 3.05) is 20.3 Å². The molecule has 21 heavy (non-hydrogen) atoms. The Labute approximate surface area is 127 Å². The molecule has 0 aliphatic carbocycles. The van der Waals surface area contributed by atoms with Crippen LogP contribution in [0.4, 0.5) is 0 Å². The number of hydrogen-bond acceptors (Lipinski definition) is 4. The molecule has 0 N–H and O–H groups in total. The number of methoxy groups -OCH3 is 1. The lowest BCUT2D eigenvalue weighted by Crippen LogP contribution is -2.38. The fourth-order valence-electron chi connectivity index (χ4n) is 2.43. The number of para-hydroxylation sites is 2. The van der Waals surface area contributed by atoms with Gasteiger partial charge in [-0.05, 0) is 35.6 Å². The molecule has 5 heteroatoms. The van der Waals surface area contributed by atoms with Crippen molar-refractivity contribution in [3.63, 3.8) is 0 Å². The van der Waals surface area contributed by atoms with Gasteiger partial charge in [-0.2, -0.15) is 0 Å². The number of nitrogens with zero attached hydrogens (tertiary/aromatic N) is 1. The molecule has 1 aliphatic heterocycles. The Hall–Kier alpha value is -2.01. The predicted octanol–water partition coefficient (Wildman–Crippen LogP) is 2.72. The average Bonchev–Trinajstić information content (AvgIpc) is 3.00. The number of ether oxygens (including phenoxy) is 2. The van der Waals surface area contributed by atoms with Crippen LogP contribution < -0.4 is 9.47 Å².